The number of nitrogens with one attached hydrogen (secondary N) is 1. The molecule has 0 aliphatic heterocycles. The molecule has 0 saturated carbocycles. The maximum absolute atomic E-state index is 13.4. The Balaban J connectivity index is 1.83. The number of hydrogen-bond donors (Lipinski definition) is 1. The van der Waals surface area contributed by atoms with E-state index < -0.39 is 0 Å². The van der Waals surface area contributed by atoms with Crippen LogP contribution in [0.1, 0.15) is 35.3 Å². The maximum Gasteiger partial charge on any atom is 0.258 e. The minimum absolute atomic E-state index is 0.0000450. The molecule has 0 radical (unpaired) electrons. The molecule has 0 aliphatic rings. The summed E-state index contributed by atoms with van der Waals surface area (Å²) in [5.41, 5.74) is 3.26. The molecule has 3 aromatic rings. The predicted molar refractivity (Wildman–Crippen MR) is 128 cm³/mol. The number of anilines is 1. The van der Waals surface area contributed by atoms with E-state index in [4.69, 9.17) is 4.74 Å². The van der Waals surface area contributed by atoms with Gasteiger partial charge in [-0.1, -0.05) is 62.4 Å². The molecular formula is C27H30N2O3. The third kappa shape index (κ3) is 6.45. The Morgan fingerprint density at radius 3 is 2.28 bits per heavy atom. The summed E-state index contributed by atoms with van der Waals surface area (Å²) in [5, 5.41) is 2.94. The van der Waals surface area contributed by atoms with Gasteiger partial charge in [0.2, 0.25) is 5.91 Å². The van der Waals surface area contributed by atoms with E-state index in [1.54, 1.807) is 24.1 Å². The van der Waals surface area contributed by atoms with E-state index in [0.717, 1.165) is 16.8 Å². The van der Waals surface area contributed by atoms with E-state index in [0.29, 0.717) is 36.7 Å². The molecule has 0 spiro atoms. The van der Waals surface area contributed by atoms with Crippen molar-refractivity contribution in [2.45, 2.75) is 26.8 Å². The molecule has 0 aliphatic carbocycles. The van der Waals surface area contributed by atoms with E-state index in [1.807, 2.05) is 66.7 Å². The summed E-state index contributed by atoms with van der Waals surface area (Å²) in [6, 6.07) is 24.6. The fourth-order valence-electron chi connectivity index (χ4n) is 3.32. The quantitative estimate of drug-likeness (QED) is 0.528. The first-order valence-electron chi connectivity index (χ1n) is 10.8. The monoisotopic (exact) mass is 430 g/mol. The first-order valence-corrected chi connectivity index (χ1v) is 10.8. The smallest absolute Gasteiger partial charge is 0.258 e. The second-order valence-corrected chi connectivity index (χ2v) is 8.15. The van der Waals surface area contributed by atoms with Gasteiger partial charge in [-0.3, -0.25) is 9.59 Å². The SMILES string of the molecule is COc1cccc(C(=O)N(Cc2ccccc2)c2ccc(CC(=O)NCC(C)C)cc2)c1. The highest BCUT2D eigenvalue weighted by Crippen LogP contribution is 2.23. The van der Waals surface area contributed by atoms with Crippen molar-refractivity contribution in [3.05, 3.63) is 95.6 Å². The Bertz CT molecular complexity index is 1030. The average molecular weight is 431 g/mol. The normalized spacial score (nSPS) is 10.6. The van der Waals surface area contributed by atoms with Gasteiger partial charge in [0.15, 0.2) is 0 Å². The molecule has 3 rings (SSSR count). The molecule has 0 fully saturated rings. The summed E-state index contributed by atoms with van der Waals surface area (Å²) in [7, 11) is 1.58. The van der Waals surface area contributed by atoms with Gasteiger partial charge in [0.25, 0.3) is 5.91 Å². The zero-order valence-corrected chi connectivity index (χ0v) is 18.9. The minimum Gasteiger partial charge on any atom is -0.497 e. The summed E-state index contributed by atoms with van der Waals surface area (Å²) in [6.07, 6.45) is 0.315. The van der Waals surface area contributed by atoms with Gasteiger partial charge >= 0.3 is 0 Å². The first kappa shape index (κ1) is 23.1. The maximum atomic E-state index is 13.4. The molecule has 0 unspecified atom stereocenters. The lowest BCUT2D eigenvalue weighted by Crippen LogP contribution is -2.30. The van der Waals surface area contributed by atoms with E-state index in [9.17, 15) is 9.59 Å². The second-order valence-electron chi connectivity index (χ2n) is 8.15. The zero-order chi connectivity index (χ0) is 22.9. The fraction of sp³-hybridized carbons (Fsp3) is 0.259. The van der Waals surface area contributed by atoms with Gasteiger partial charge in [-0.2, -0.15) is 0 Å². The minimum atomic E-state index is -0.116. The van der Waals surface area contributed by atoms with Gasteiger partial charge in [0.1, 0.15) is 5.75 Å². The van der Waals surface area contributed by atoms with Crippen molar-refractivity contribution in [3.63, 3.8) is 0 Å². The molecular weight excluding hydrogens is 400 g/mol. The third-order valence-electron chi connectivity index (χ3n) is 5.07. The van der Waals surface area contributed by atoms with Gasteiger partial charge in [0, 0.05) is 17.8 Å². The molecule has 3 aromatic carbocycles. The fourth-order valence-corrected chi connectivity index (χ4v) is 3.32. The molecule has 5 heteroatoms. The van der Waals surface area contributed by atoms with Crippen LogP contribution in [-0.4, -0.2) is 25.5 Å². The number of rotatable bonds is 9. The Labute approximate surface area is 190 Å². The van der Waals surface area contributed by atoms with Gasteiger partial charge in [-0.05, 0) is 47.4 Å². The Morgan fingerprint density at radius 1 is 0.906 bits per heavy atom. The van der Waals surface area contributed by atoms with E-state index >= 15 is 0 Å². The molecule has 32 heavy (non-hydrogen) atoms. The molecule has 0 bridgehead atoms. The summed E-state index contributed by atoms with van der Waals surface area (Å²) >= 11 is 0. The zero-order valence-electron chi connectivity index (χ0n) is 18.9. The van der Waals surface area contributed by atoms with Crippen molar-refractivity contribution in [2.24, 2.45) is 5.92 Å². The van der Waals surface area contributed by atoms with E-state index in [1.165, 1.54) is 0 Å². The molecule has 1 N–H and O–H groups in total. The van der Waals surface area contributed by atoms with Gasteiger partial charge in [-0.25, -0.2) is 0 Å². The highest BCUT2D eigenvalue weighted by atomic mass is 16.5. The van der Waals surface area contributed by atoms with Crippen LogP contribution in [-0.2, 0) is 17.8 Å². The lowest BCUT2D eigenvalue weighted by molar-refractivity contribution is -0.120. The van der Waals surface area contributed by atoms with Crippen LogP contribution in [0.3, 0.4) is 0 Å². The number of hydrogen-bond acceptors (Lipinski definition) is 3. The summed E-state index contributed by atoms with van der Waals surface area (Å²) in [4.78, 5) is 27.3. The molecule has 5 nitrogen and oxygen atoms in total. The third-order valence-corrected chi connectivity index (χ3v) is 5.07. The molecule has 2 amide bonds. The van der Waals surface area contributed by atoms with Crippen LogP contribution in [0.4, 0.5) is 5.69 Å². The van der Waals surface area contributed by atoms with Crippen molar-refractivity contribution in [1.82, 2.24) is 5.32 Å². The predicted octanol–water partition coefficient (Wildman–Crippen LogP) is 4.86. The number of methoxy groups -OCH3 is 1. The van der Waals surface area contributed by atoms with Gasteiger partial charge < -0.3 is 15.0 Å². The van der Waals surface area contributed by atoms with Crippen LogP contribution < -0.4 is 15.0 Å². The number of ether oxygens (including phenoxy) is 1. The van der Waals surface area contributed by atoms with Gasteiger partial charge in [0.05, 0.1) is 20.1 Å². The van der Waals surface area contributed by atoms with Crippen molar-refractivity contribution in [2.75, 3.05) is 18.6 Å². The number of carbonyl (C=O) groups excluding carboxylic acids is 2. The molecule has 0 heterocycles. The van der Waals surface area contributed by atoms with Crippen molar-refractivity contribution in [3.8, 4) is 5.75 Å². The topological polar surface area (TPSA) is 58.6 Å². The molecule has 0 aromatic heterocycles. The Kier molecular flexibility index (Phi) is 8.03. The lowest BCUT2D eigenvalue weighted by atomic mass is 10.1. The van der Waals surface area contributed by atoms with Crippen LogP contribution in [0.5, 0.6) is 5.75 Å². The van der Waals surface area contributed by atoms with Gasteiger partial charge in [-0.15, -0.1) is 0 Å². The van der Waals surface area contributed by atoms with Crippen LogP contribution in [0.25, 0.3) is 0 Å². The van der Waals surface area contributed by atoms with E-state index in [2.05, 4.69) is 19.2 Å². The highest BCUT2D eigenvalue weighted by Gasteiger charge is 2.19. The molecule has 0 saturated heterocycles. The Hall–Kier alpha value is -3.60. The van der Waals surface area contributed by atoms with E-state index in [-0.39, 0.29) is 11.8 Å². The first-order chi connectivity index (χ1) is 15.5. The number of amides is 2. The van der Waals surface area contributed by atoms with Crippen LogP contribution in [0.15, 0.2) is 78.9 Å². The van der Waals surface area contributed by atoms with Crippen LogP contribution >= 0.6 is 0 Å². The van der Waals surface area contributed by atoms with Crippen molar-refractivity contribution >= 4 is 17.5 Å². The standard InChI is InChI=1S/C27H30N2O3/c1-20(2)18-28-26(30)16-21-12-14-24(15-13-21)29(19-22-8-5-4-6-9-22)27(31)23-10-7-11-25(17-23)32-3/h4-15,17,20H,16,18-19H2,1-3H3,(H,28,30). The summed E-state index contributed by atoms with van der Waals surface area (Å²) in [5.74, 6) is 0.934. The number of benzene rings is 3. The summed E-state index contributed by atoms with van der Waals surface area (Å²) in [6.45, 7) is 5.23. The van der Waals surface area contributed by atoms with Crippen molar-refractivity contribution in [1.29, 1.82) is 0 Å². The number of carbonyl (C=O) groups is 2. The van der Waals surface area contributed by atoms with Crippen LogP contribution in [0.2, 0.25) is 0 Å². The summed E-state index contributed by atoms with van der Waals surface area (Å²) < 4.78 is 5.29. The molecule has 166 valence electrons. The Morgan fingerprint density at radius 2 is 1.62 bits per heavy atom. The lowest BCUT2D eigenvalue weighted by Gasteiger charge is -2.24. The largest absolute Gasteiger partial charge is 0.497 e. The average Bonchev–Trinajstić information content (AvgIpc) is 2.82. The highest BCUT2D eigenvalue weighted by molar-refractivity contribution is 6.06. The van der Waals surface area contributed by atoms with Crippen molar-refractivity contribution < 1.29 is 14.3 Å². The molecule has 0 atom stereocenters. The van der Waals surface area contributed by atoms with Crippen LogP contribution in [0, 0.1) is 5.92 Å². The number of nitrogens with zero attached hydrogens (tertiary/aromatic N) is 1. The second kappa shape index (κ2) is 11.1.